The van der Waals surface area contributed by atoms with Gasteiger partial charge in [-0.1, -0.05) is 69.9 Å². The highest BCUT2D eigenvalue weighted by molar-refractivity contribution is 5.96. The van der Waals surface area contributed by atoms with E-state index in [0.717, 1.165) is 35.4 Å². The number of benzene rings is 2. The van der Waals surface area contributed by atoms with Gasteiger partial charge in [-0.2, -0.15) is 0 Å². The summed E-state index contributed by atoms with van der Waals surface area (Å²) in [4.78, 5) is 12.3. The van der Waals surface area contributed by atoms with Crippen LogP contribution < -0.4 is 0 Å². The zero-order valence-corrected chi connectivity index (χ0v) is 17.3. The van der Waals surface area contributed by atoms with E-state index in [1.807, 2.05) is 31.2 Å². The molecule has 0 N–H and O–H groups in total. The van der Waals surface area contributed by atoms with E-state index < -0.39 is 0 Å². The quantitative estimate of drug-likeness (QED) is 0.335. The first kappa shape index (κ1) is 20.8. The normalized spacial score (nSPS) is 19.5. The van der Waals surface area contributed by atoms with Crippen molar-refractivity contribution < 1.29 is 9.18 Å². The number of hydrogen-bond acceptors (Lipinski definition) is 1. The number of ketones is 1. The van der Waals surface area contributed by atoms with Crippen LogP contribution in [0.15, 0.2) is 42.5 Å². The van der Waals surface area contributed by atoms with Crippen molar-refractivity contribution in [1.82, 2.24) is 0 Å². The van der Waals surface area contributed by atoms with E-state index in [1.54, 1.807) is 6.07 Å². The maximum absolute atomic E-state index is 14.5. The highest BCUT2D eigenvalue weighted by Crippen LogP contribution is 2.42. The van der Waals surface area contributed by atoms with Crippen molar-refractivity contribution in [2.45, 2.75) is 77.6 Å². The molecule has 0 amide bonds. The molecule has 2 heteroatoms. The van der Waals surface area contributed by atoms with Crippen LogP contribution in [-0.4, -0.2) is 5.78 Å². The lowest BCUT2D eigenvalue weighted by molar-refractivity contribution is 0.0988. The second kappa shape index (κ2) is 10.0. The van der Waals surface area contributed by atoms with E-state index in [2.05, 4.69) is 13.0 Å². The third kappa shape index (κ3) is 4.90. The Bertz CT molecular complexity index is 787. The lowest BCUT2D eigenvalue weighted by Crippen LogP contribution is -2.15. The summed E-state index contributed by atoms with van der Waals surface area (Å²) in [6.45, 7) is 4.15. The van der Waals surface area contributed by atoms with E-state index in [1.165, 1.54) is 44.6 Å². The number of carbonyl (C=O) groups excluding carboxylic acids is 1. The fraction of sp³-hybridized carbons (Fsp3) is 0.500. The largest absolute Gasteiger partial charge is 0.294 e. The zero-order valence-electron chi connectivity index (χ0n) is 17.3. The zero-order chi connectivity index (χ0) is 19.9. The number of rotatable bonds is 8. The predicted octanol–water partition coefficient (Wildman–Crippen LogP) is 7.94. The molecule has 1 nitrogen and oxygen atoms in total. The Morgan fingerprint density at radius 3 is 2.39 bits per heavy atom. The molecule has 0 spiro atoms. The predicted molar refractivity (Wildman–Crippen MR) is 115 cm³/mol. The number of carbonyl (C=O) groups is 1. The van der Waals surface area contributed by atoms with E-state index in [9.17, 15) is 9.18 Å². The Balaban J connectivity index is 1.86. The highest BCUT2D eigenvalue weighted by atomic mass is 19.1. The topological polar surface area (TPSA) is 17.1 Å². The molecule has 28 heavy (non-hydrogen) atoms. The van der Waals surface area contributed by atoms with Crippen LogP contribution in [0.4, 0.5) is 4.39 Å². The van der Waals surface area contributed by atoms with Gasteiger partial charge in [0.2, 0.25) is 0 Å². The molecule has 150 valence electrons. The van der Waals surface area contributed by atoms with Crippen LogP contribution in [0, 0.1) is 11.7 Å². The molecule has 1 fully saturated rings. The lowest BCUT2D eigenvalue weighted by atomic mass is 9.75. The Morgan fingerprint density at radius 2 is 1.71 bits per heavy atom. The van der Waals surface area contributed by atoms with Crippen LogP contribution in [0.5, 0.6) is 0 Å². The van der Waals surface area contributed by atoms with Crippen molar-refractivity contribution >= 4 is 5.78 Å². The summed E-state index contributed by atoms with van der Waals surface area (Å²) in [5, 5.41) is 0. The second-order valence-electron chi connectivity index (χ2n) is 8.27. The molecule has 1 saturated carbocycles. The van der Waals surface area contributed by atoms with Crippen LogP contribution in [0.2, 0.25) is 0 Å². The molecule has 0 heterocycles. The van der Waals surface area contributed by atoms with E-state index in [-0.39, 0.29) is 11.6 Å². The van der Waals surface area contributed by atoms with Gasteiger partial charge in [-0.3, -0.25) is 4.79 Å². The summed E-state index contributed by atoms with van der Waals surface area (Å²) >= 11 is 0. The van der Waals surface area contributed by atoms with Crippen molar-refractivity contribution in [2.75, 3.05) is 0 Å². The van der Waals surface area contributed by atoms with Crippen molar-refractivity contribution in [1.29, 1.82) is 0 Å². The Kier molecular flexibility index (Phi) is 7.42. The van der Waals surface area contributed by atoms with Crippen molar-refractivity contribution in [3.63, 3.8) is 0 Å². The second-order valence-corrected chi connectivity index (χ2v) is 8.27. The first-order chi connectivity index (χ1) is 13.6. The van der Waals surface area contributed by atoms with E-state index >= 15 is 0 Å². The molecule has 3 rings (SSSR count). The van der Waals surface area contributed by atoms with Crippen LogP contribution in [0.25, 0.3) is 11.1 Å². The highest BCUT2D eigenvalue weighted by Gasteiger charge is 2.25. The minimum Gasteiger partial charge on any atom is -0.294 e. The molecule has 1 aliphatic rings. The molecule has 0 aromatic heterocycles. The average molecular weight is 381 g/mol. The van der Waals surface area contributed by atoms with Gasteiger partial charge in [-0.25, -0.2) is 4.39 Å². The Labute approximate surface area is 169 Å². The van der Waals surface area contributed by atoms with E-state index in [4.69, 9.17) is 0 Å². The third-order valence-corrected chi connectivity index (χ3v) is 6.36. The molecule has 1 aliphatic carbocycles. The maximum Gasteiger partial charge on any atom is 0.162 e. The van der Waals surface area contributed by atoms with Crippen LogP contribution in [0.3, 0.4) is 0 Å². The molecule has 0 atom stereocenters. The maximum atomic E-state index is 14.5. The van der Waals surface area contributed by atoms with Gasteiger partial charge in [0.25, 0.3) is 0 Å². The van der Waals surface area contributed by atoms with Gasteiger partial charge in [0.05, 0.1) is 0 Å². The first-order valence-electron chi connectivity index (χ1n) is 11.1. The molecule has 2 aromatic rings. The van der Waals surface area contributed by atoms with Crippen LogP contribution in [0.1, 0.15) is 93.5 Å². The van der Waals surface area contributed by atoms with Gasteiger partial charge in [0.1, 0.15) is 5.82 Å². The molecule has 0 aliphatic heterocycles. The van der Waals surface area contributed by atoms with Gasteiger partial charge >= 0.3 is 0 Å². The van der Waals surface area contributed by atoms with Gasteiger partial charge in [-0.05, 0) is 60.8 Å². The fourth-order valence-corrected chi connectivity index (χ4v) is 4.65. The molecule has 2 aromatic carbocycles. The molecule has 0 unspecified atom stereocenters. The summed E-state index contributed by atoms with van der Waals surface area (Å²) in [5.74, 6) is 1.22. The smallest absolute Gasteiger partial charge is 0.162 e. The Hall–Kier alpha value is -1.96. The summed E-state index contributed by atoms with van der Waals surface area (Å²) < 4.78 is 14.5. The molecule has 0 radical (unpaired) electrons. The van der Waals surface area contributed by atoms with Crippen molar-refractivity contribution in [3.05, 3.63) is 59.4 Å². The van der Waals surface area contributed by atoms with Gasteiger partial charge < -0.3 is 0 Å². The fourth-order valence-electron chi connectivity index (χ4n) is 4.65. The SMILES string of the molecule is CCCCC[C@H]1CC[C@H](c2cc(C(=O)CC)ccc2-c2ccccc2F)CC1. The number of Topliss-reactive ketones (excluding diaryl/α,β-unsaturated/α-hetero) is 1. The van der Waals surface area contributed by atoms with Crippen LogP contribution >= 0.6 is 0 Å². The van der Waals surface area contributed by atoms with Crippen molar-refractivity contribution in [3.8, 4) is 11.1 Å². The standard InChI is InChI=1S/C26H33FO/c1-3-5-6-9-19-12-14-20(15-13-19)24-18-21(26(28)4-2)16-17-22(24)23-10-7-8-11-25(23)27/h7-8,10-11,16-20H,3-6,9,12-15H2,1-2H3/t19-,20-. The minimum absolute atomic E-state index is 0.162. The van der Waals surface area contributed by atoms with Gasteiger partial charge in [0.15, 0.2) is 5.78 Å². The molecule has 0 bridgehead atoms. The lowest BCUT2D eigenvalue weighted by Gasteiger charge is -2.30. The summed E-state index contributed by atoms with van der Waals surface area (Å²) in [5.41, 5.74) is 3.54. The summed E-state index contributed by atoms with van der Waals surface area (Å²) in [6.07, 6.45) is 10.6. The average Bonchev–Trinajstić information content (AvgIpc) is 2.74. The monoisotopic (exact) mass is 380 g/mol. The van der Waals surface area contributed by atoms with Crippen molar-refractivity contribution in [2.24, 2.45) is 5.92 Å². The molecular formula is C26H33FO. The first-order valence-corrected chi connectivity index (χ1v) is 11.1. The number of halogens is 1. The molecular weight excluding hydrogens is 347 g/mol. The minimum atomic E-state index is -0.188. The third-order valence-electron chi connectivity index (χ3n) is 6.36. The van der Waals surface area contributed by atoms with Gasteiger partial charge in [0, 0.05) is 17.5 Å². The Morgan fingerprint density at radius 1 is 0.964 bits per heavy atom. The van der Waals surface area contributed by atoms with Crippen LogP contribution in [-0.2, 0) is 0 Å². The van der Waals surface area contributed by atoms with Gasteiger partial charge in [-0.15, -0.1) is 0 Å². The number of unbranched alkanes of at least 4 members (excludes halogenated alkanes) is 2. The van der Waals surface area contributed by atoms with E-state index in [0.29, 0.717) is 17.9 Å². The molecule has 0 saturated heterocycles. The number of hydrogen-bond donors (Lipinski definition) is 0. The summed E-state index contributed by atoms with van der Waals surface area (Å²) in [7, 11) is 0. The summed E-state index contributed by atoms with van der Waals surface area (Å²) in [6, 6.07) is 12.9.